The fourth-order valence-corrected chi connectivity index (χ4v) is 3.14. The lowest BCUT2D eigenvalue weighted by Crippen LogP contribution is -2.32. The molecule has 0 radical (unpaired) electrons. The summed E-state index contributed by atoms with van der Waals surface area (Å²) in [5, 5.41) is 2.77. The van der Waals surface area contributed by atoms with E-state index in [1.165, 1.54) is 21.9 Å². The predicted molar refractivity (Wildman–Crippen MR) is 93.1 cm³/mol. The highest BCUT2D eigenvalue weighted by Crippen LogP contribution is 2.13. The summed E-state index contributed by atoms with van der Waals surface area (Å²) in [5.74, 6) is 0.389. The second-order valence-corrected chi connectivity index (χ2v) is 6.54. The van der Waals surface area contributed by atoms with Gasteiger partial charge in [0, 0.05) is 23.8 Å². The Labute approximate surface area is 142 Å². The van der Waals surface area contributed by atoms with Gasteiger partial charge in [-0.15, -0.1) is 11.3 Å². The number of nitrogens with zero attached hydrogens (tertiary/aromatic N) is 2. The Morgan fingerprint density at radius 3 is 2.79 bits per heavy atom. The number of hydrogen-bond donors (Lipinski definition) is 1. The number of carbonyl (C=O) groups excluding carboxylic acids is 1. The van der Waals surface area contributed by atoms with Crippen molar-refractivity contribution < 1.29 is 9.53 Å². The summed E-state index contributed by atoms with van der Waals surface area (Å²) in [4.78, 5) is 30.3. The molecule has 7 heteroatoms. The van der Waals surface area contributed by atoms with E-state index in [9.17, 15) is 9.59 Å². The molecule has 2 aromatic heterocycles. The number of amides is 1. The third-order valence-electron chi connectivity index (χ3n) is 3.63. The van der Waals surface area contributed by atoms with E-state index in [1.54, 1.807) is 13.3 Å². The minimum Gasteiger partial charge on any atom is -0.497 e. The number of fused-ring (bicyclic) bond motifs is 1. The standard InChI is InChI=1S/C17H17N3O3S/c1-11-10-20-16(22)14(9-19-17(20)24-11)15(21)18-8-7-12-3-5-13(23-2)6-4-12/h3-6,9-10H,7-8H2,1-2H3,(H,18,21). The first-order valence-electron chi connectivity index (χ1n) is 7.47. The van der Waals surface area contributed by atoms with E-state index in [2.05, 4.69) is 10.3 Å². The van der Waals surface area contributed by atoms with Crippen molar-refractivity contribution in [1.82, 2.24) is 14.7 Å². The Bertz CT molecular complexity index is 928. The van der Waals surface area contributed by atoms with Crippen molar-refractivity contribution in [1.29, 1.82) is 0 Å². The number of nitrogens with one attached hydrogen (secondary N) is 1. The molecule has 0 unspecified atom stereocenters. The molecule has 0 aliphatic rings. The Kier molecular flexibility index (Phi) is 4.61. The molecular weight excluding hydrogens is 326 g/mol. The van der Waals surface area contributed by atoms with Crippen LogP contribution in [0.25, 0.3) is 4.96 Å². The minimum absolute atomic E-state index is 0.0556. The number of carbonyl (C=O) groups is 1. The number of hydrogen-bond acceptors (Lipinski definition) is 5. The molecule has 1 aromatic carbocycles. The Balaban J connectivity index is 1.66. The maximum atomic E-state index is 12.3. The van der Waals surface area contributed by atoms with Crippen molar-refractivity contribution >= 4 is 22.2 Å². The molecule has 0 aliphatic carbocycles. The van der Waals surface area contributed by atoms with Gasteiger partial charge in [-0.2, -0.15) is 0 Å². The van der Waals surface area contributed by atoms with E-state index >= 15 is 0 Å². The van der Waals surface area contributed by atoms with Gasteiger partial charge in [0.05, 0.1) is 7.11 Å². The Hall–Kier alpha value is -2.67. The second-order valence-electron chi connectivity index (χ2n) is 5.33. The van der Waals surface area contributed by atoms with E-state index in [4.69, 9.17) is 4.74 Å². The Morgan fingerprint density at radius 1 is 1.33 bits per heavy atom. The lowest BCUT2D eigenvalue weighted by molar-refractivity contribution is 0.0952. The zero-order chi connectivity index (χ0) is 17.1. The molecule has 0 aliphatic heterocycles. The van der Waals surface area contributed by atoms with Crippen LogP contribution in [0, 0.1) is 6.92 Å². The lowest BCUT2D eigenvalue weighted by atomic mass is 10.1. The molecule has 2 heterocycles. The van der Waals surface area contributed by atoms with Gasteiger partial charge >= 0.3 is 0 Å². The maximum Gasteiger partial charge on any atom is 0.271 e. The van der Waals surface area contributed by atoms with E-state index in [1.807, 2.05) is 31.2 Å². The van der Waals surface area contributed by atoms with Crippen molar-refractivity contribution in [3.05, 3.63) is 63.0 Å². The normalized spacial score (nSPS) is 10.8. The third-order valence-corrected chi connectivity index (χ3v) is 4.54. The van der Waals surface area contributed by atoms with Crippen LogP contribution < -0.4 is 15.6 Å². The molecule has 6 nitrogen and oxygen atoms in total. The number of aromatic nitrogens is 2. The van der Waals surface area contributed by atoms with Gasteiger partial charge in [-0.05, 0) is 31.0 Å². The molecule has 1 N–H and O–H groups in total. The Morgan fingerprint density at radius 2 is 2.08 bits per heavy atom. The van der Waals surface area contributed by atoms with Gasteiger partial charge in [-0.1, -0.05) is 12.1 Å². The second kappa shape index (κ2) is 6.84. The molecule has 24 heavy (non-hydrogen) atoms. The average Bonchev–Trinajstić information content (AvgIpc) is 2.97. The van der Waals surface area contributed by atoms with Crippen LogP contribution in [-0.2, 0) is 6.42 Å². The summed E-state index contributed by atoms with van der Waals surface area (Å²) in [6.45, 7) is 2.34. The topological polar surface area (TPSA) is 72.7 Å². The largest absolute Gasteiger partial charge is 0.497 e. The zero-order valence-corrected chi connectivity index (χ0v) is 14.2. The van der Waals surface area contributed by atoms with Gasteiger partial charge in [-0.25, -0.2) is 4.98 Å². The molecule has 3 rings (SSSR count). The summed E-state index contributed by atoms with van der Waals surface area (Å²) in [6, 6.07) is 7.64. The van der Waals surface area contributed by atoms with Crippen molar-refractivity contribution in [3.63, 3.8) is 0 Å². The summed E-state index contributed by atoms with van der Waals surface area (Å²) in [5.41, 5.74) is 0.793. The number of benzene rings is 1. The van der Waals surface area contributed by atoms with Crippen molar-refractivity contribution in [2.75, 3.05) is 13.7 Å². The van der Waals surface area contributed by atoms with Crippen LogP contribution in [0.5, 0.6) is 5.75 Å². The fraction of sp³-hybridized carbons (Fsp3) is 0.235. The third kappa shape index (κ3) is 3.30. The van der Waals surface area contributed by atoms with E-state index in [0.717, 1.165) is 16.2 Å². The lowest BCUT2D eigenvalue weighted by Gasteiger charge is -2.06. The maximum absolute atomic E-state index is 12.3. The zero-order valence-electron chi connectivity index (χ0n) is 13.4. The van der Waals surface area contributed by atoms with Gasteiger partial charge in [0.15, 0.2) is 4.96 Å². The molecule has 0 spiro atoms. The van der Waals surface area contributed by atoms with Crippen molar-refractivity contribution in [2.24, 2.45) is 0 Å². The number of ether oxygens (including phenoxy) is 1. The summed E-state index contributed by atoms with van der Waals surface area (Å²) < 4.78 is 6.52. The number of thiazole rings is 1. The molecule has 124 valence electrons. The molecule has 0 saturated heterocycles. The number of rotatable bonds is 5. The number of methoxy groups -OCH3 is 1. The van der Waals surface area contributed by atoms with Gasteiger partial charge in [0.1, 0.15) is 11.3 Å². The summed E-state index contributed by atoms with van der Waals surface area (Å²) in [6.07, 6.45) is 3.71. The van der Waals surface area contributed by atoms with Crippen molar-refractivity contribution in [3.8, 4) is 5.75 Å². The van der Waals surface area contributed by atoms with E-state index < -0.39 is 5.91 Å². The van der Waals surface area contributed by atoms with Crippen LogP contribution in [0.2, 0.25) is 0 Å². The molecule has 0 bridgehead atoms. The first kappa shape index (κ1) is 16.2. The van der Waals surface area contributed by atoms with Gasteiger partial charge in [0.2, 0.25) is 0 Å². The molecule has 0 fully saturated rings. The summed E-state index contributed by atoms with van der Waals surface area (Å²) in [7, 11) is 1.62. The average molecular weight is 343 g/mol. The summed E-state index contributed by atoms with van der Waals surface area (Å²) >= 11 is 1.41. The van der Waals surface area contributed by atoms with E-state index in [-0.39, 0.29) is 11.1 Å². The highest BCUT2D eigenvalue weighted by Gasteiger charge is 2.14. The molecular formula is C17H17N3O3S. The molecule has 3 aromatic rings. The SMILES string of the molecule is COc1ccc(CCNC(=O)c2cnc3sc(C)cn3c2=O)cc1. The molecule has 1 amide bonds. The van der Waals surface area contributed by atoms with Gasteiger partial charge < -0.3 is 10.1 Å². The van der Waals surface area contributed by atoms with Crippen LogP contribution in [-0.4, -0.2) is 28.9 Å². The highest BCUT2D eigenvalue weighted by atomic mass is 32.1. The van der Waals surface area contributed by atoms with Crippen LogP contribution >= 0.6 is 11.3 Å². The monoisotopic (exact) mass is 343 g/mol. The van der Waals surface area contributed by atoms with Crippen LogP contribution in [0.3, 0.4) is 0 Å². The molecule has 0 saturated carbocycles. The quantitative estimate of drug-likeness (QED) is 0.769. The first-order valence-corrected chi connectivity index (χ1v) is 8.29. The highest BCUT2D eigenvalue weighted by molar-refractivity contribution is 7.16. The van der Waals surface area contributed by atoms with Gasteiger partial charge in [0.25, 0.3) is 11.5 Å². The van der Waals surface area contributed by atoms with Gasteiger partial charge in [-0.3, -0.25) is 14.0 Å². The van der Waals surface area contributed by atoms with Crippen LogP contribution in [0.4, 0.5) is 0 Å². The smallest absolute Gasteiger partial charge is 0.271 e. The van der Waals surface area contributed by atoms with Crippen LogP contribution in [0.15, 0.2) is 41.5 Å². The predicted octanol–water partition coefficient (Wildman–Crippen LogP) is 2.05. The van der Waals surface area contributed by atoms with Crippen molar-refractivity contribution in [2.45, 2.75) is 13.3 Å². The first-order chi connectivity index (χ1) is 11.6. The minimum atomic E-state index is -0.403. The van der Waals surface area contributed by atoms with E-state index in [0.29, 0.717) is 17.9 Å². The fourth-order valence-electron chi connectivity index (χ4n) is 2.36. The molecule has 0 atom stereocenters. The number of aryl methyl sites for hydroxylation is 1. The van der Waals surface area contributed by atoms with Crippen LogP contribution in [0.1, 0.15) is 20.8 Å².